The number of nitrogens with one attached hydrogen (secondary N) is 1. The van der Waals surface area contributed by atoms with Gasteiger partial charge in [0.15, 0.2) is 0 Å². The van der Waals surface area contributed by atoms with Gasteiger partial charge in [-0.15, -0.1) is 0 Å². The van der Waals surface area contributed by atoms with Crippen LogP contribution in [0.2, 0.25) is 0 Å². The molecule has 0 radical (unpaired) electrons. The summed E-state index contributed by atoms with van der Waals surface area (Å²) in [5.41, 5.74) is 2.45. The van der Waals surface area contributed by atoms with Crippen LogP contribution in [0.25, 0.3) is 0 Å². The number of ether oxygens (including phenoxy) is 1. The first-order valence-corrected chi connectivity index (χ1v) is 6.20. The third kappa shape index (κ3) is 1.97. The maximum absolute atomic E-state index is 6.02. The van der Waals surface area contributed by atoms with Gasteiger partial charge >= 0.3 is 0 Å². The number of pyridine rings is 1. The van der Waals surface area contributed by atoms with Crippen LogP contribution in [0.3, 0.4) is 0 Å². The lowest BCUT2D eigenvalue weighted by Crippen LogP contribution is -2.32. The van der Waals surface area contributed by atoms with E-state index >= 15 is 0 Å². The summed E-state index contributed by atoms with van der Waals surface area (Å²) in [5, 5.41) is 3.33. The first-order valence-electron chi connectivity index (χ1n) is 6.20. The van der Waals surface area contributed by atoms with Crippen LogP contribution in [-0.4, -0.2) is 18.1 Å². The molecular formula is C15H16N2O. The summed E-state index contributed by atoms with van der Waals surface area (Å²) in [6, 6.07) is 12.5. The maximum Gasteiger partial charge on any atom is 0.123 e. The molecule has 18 heavy (non-hydrogen) atoms. The van der Waals surface area contributed by atoms with Crippen molar-refractivity contribution in [3.63, 3.8) is 0 Å². The molecule has 1 aromatic heterocycles. The van der Waals surface area contributed by atoms with E-state index in [0.717, 1.165) is 17.7 Å². The molecule has 0 aliphatic carbocycles. The van der Waals surface area contributed by atoms with Gasteiger partial charge in [0.25, 0.3) is 0 Å². The zero-order valence-corrected chi connectivity index (χ0v) is 10.3. The molecule has 1 aliphatic heterocycles. The van der Waals surface area contributed by atoms with E-state index in [1.807, 2.05) is 31.4 Å². The van der Waals surface area contributed by atoms with Gasteiger partial charge in [-0.25, -0.2) is 0 Å². The fraction of sp³-hybridized carbons (Fsp3) is 0.267. The van der Waals surface area contributed by atoms with E-state index in [9.17, 15) is 0 Å². The fourth-order valence-electron chi connectivity index (χ4n) is 2.52. The Hall–Kier alpha value is -1.87. The number of fused-ring (bicyclic) bond motifs is 1. The van der Waals surface area contributed by atoms with Crippen molar-refractivity contribution in [2.75, 3.05) is 7.05 Å². The number of hydrogen-bond donors (Lipinski definition) is 1. The van der Waals surface area contributed by atoms with E-state index in [-0.39, 0.29) is 12.1 Å². The Balaban J connectivity index is 1.84. The molecule has 3 rings (SSSR count). The van der Waals surface area contributed by atoms with Gasteiger partial charge in [0.2, 0.25) is 0 Å². The number of benzene rings is 1. The molecule has 1 aliphatic rings. The normalized spacial score (nSPS) is 19.1. The molecule has 3 heteroatoms. The van der Waals surface area contributed by atoms with E-state index in [2.05, 4.69) is 28.5 Å². The van der Waals surface area contributed by atoms with Crippen LogP contribution in [0, 0.1) is 0 Å². The molecule has 92 valence electrons. The quantitative estimate of drug-likeness (QED) is 0.894. The molecule has 1 N–H and O–H groups in total. The van der Waals surface area contributed by atoms with Gasteiger partial charge in [0.1, 0.15) is 11.9 Å². The van der Waals surface area contributed by atoms with E-state index < -0.39 is 0 Å². The summed E-state index contributed by atoms with van der Waals surface area (Å²) in [5.74, 6) is 1.01. The molecule has 1 aromatic carbocycles. The summed E-state index contributed by atoms with van der Waals surface area (Å²) in [4.78, 5) is 4.18. The lowest BCUT2D eigenvalue weighted by Gasteiger charge is -2.22. The molecule has 0 saturated carbocycles. The number of nitrogens with zero attached hydrogens (tertiary/aromatic N) is 1. The minimum atomic E-state index is 0.136. The van der Waals surface area contributed by atoms with Crippen LogP contribution in [0.15, 0.2) is 48.8 Å². The Bertz CT molecular complexity index is 502. The highest BCUT2D eigenvalue weighted by Gasteiger charge is 2.30. The first-order chi connectivity index (χ1) is 8.88. The Morgan fingerprint density at radius 1 is 1.28 bits per heavy atom. The van der Waals surface area contributed by atoms with Gasteiger partial charge in [0.05, 0.1) is 6.04 Å². The molecule has 2 aromatic rings. The molecule has 2 atom stereocenters. The van der Waals surface area contributed by atoms with E-state index in [0.29, 0.717) is 0 Å². The number of rotatable bonds is 3. The average molecular weight is 240 g/mol. The van der Waals surface area contributed by atoms with E-state index in [1.165, 1.54) is 5.56 Å². The summed E-state index contributed by atoms with van der Waals surface area (Å²) >= 11 is 0. The van der Waals surface area contributed by atoms with Gasteiger partial charge in [-0.1, -0.05) is 24.3 Å². The summed E-state index contributed by atoms with van der Waals surface area (Å²) in [6.45, 7) is 0. The first kappa shape index (κ1) is 11.2. The maximum atomic E-state index is 6.02. The highest BCUT2D eigenvalue weighted by Crippen LogP contribution is 2.33. The van der Waals surface area contributed by atoms with Gasteiger partial charge in [-0.3, -0.25) is 4.98 Å². The Morgan fingerprint density at radius 3 is 2.89 bits per heavy atom. The van der Waals surface area contributed by atoms with Gasteiger partial charge < -0.3 is 10.1 Å². The van der Waals surface area contributed by atoms with E-state index in [4.69, 9.17) is 4.74 Å². The monoisotopic (exact) mass is 240 g/mol. The molecule has 0 fully saturated rings. The lowest BCUT2D eigenvalue weighted by atomic mass is 9.99. The van der Waals surface area contributed by atoms with Crippen LogP contribution in [-0.2, 0) is 6.42 Å². The van der Waals surface area contributed by atoms with Gasteiger partial charge in [-0.05, 0) is 30.3 Å². The van der Waals surface area contributed by atoms with Crippen molar-refractivity contribution in [2.24, 2.45) is 0 Å². The zero-order chi connectivity index (χ0) is 12.4. The molecular weight excluding hydrogens is 224 g/mol. The summed E-state index contributed by atoms with van der Waals surface area (Å²) in [7, 11) is 1.96. The second kappa shape index (κ2) is 4.78. The van der Waals surface area contributed by atoms with Crippen LogP contribution in [0.4, 0.5) is 0 Å². The topological polar surface area (TPSA) is 34.2 Å². The van der Waals surface area contributed by atoms with Crippen molar-refractivity contribution >= 4 is 0 Å². The Morgan fingerprint density at radius 2 is 2.17 bits per heavy atom. The van der Waals surface area contributed by atoms with Gasteiger partial charge in [-0.2, -0.15) is 0 Å². The third-order valence-electron chi connectivity index (χ3n) is 3.40. The second-order valence-corrected chi connectivity index (χ2v) is 4.52. The van der Waals surface area contributed by atoms with Crippen LogP contribution < -0.4 is 10.1 Å². The molecule has 0 saturated heterocycles. The summed E-state index contributed by atoms with van der Waals surface area (Å²) < 4.78 is 6.02. The zero-order valence-electron chi connectivity index (χ0n) is 10.3. The third-order valence-corrected chi connectivity index (χ3v) is 3.40. The van der Waals surface area contributed by atoms with Crippen LogP contribution >= 0.6 is 0 Å². The number of likely N-dealkylation sites (N-methyl/N-ethyl adjacent to an activating group) is 1. The predicted octanol–water partition coefficient (Wildman–Crippen LogP) is 2.35. The molecule has 0 spiro atoms. The van der Waals surface area contributed by atoms with Crippen LogP contribution in [0.5, 0.6) is 5.75 Å². The minimum Gasteiger partial charge on any atom is -0.488 e. The molecule has 0 amide bonds. The fourth-order valence-corrected chi connectivity index (χ4v) is 2.52. The Labute approximate surface area is 107 Å². The second-order valence-electron chi connectivity index (χ2n) is 4.52. The highest BCUT2D eigenvalue weighted by atomic mass is 16.5. The van der Waals surface area contributed by atoms with Crippen molar-refractivity contribution in [2.45, 2.75) is 18.6 Å². The molecule has 2 unspecified atom stereocenters. The predicted molar refractivity (Wildman–Crippen MR) is 70.6 cm³/mol. The lowest BCUT2D eigenvalue weighted by molar-refractivity contribution is 0.183. The smallest absolute Gasteiger partial charge is 0.123 e. The summed E-state index contributed by atoms with van der Waals surface area (Å²) in [6.07, 6.45) is 4.77. The number of para-hydroxylation sites is 1. The van der Waals surface area contributed by atoms with Gasteiger partial charge in [0, 0.05) is 18.8 Å². The standard InChI is InChI=1S/C15H16N2O/c1-16-15(12-6-4-8-17-10-12)14-9-11-5-2-3-7-13(11)18-14/h2-8,10,14-16H,9H2,1H3. The van der Waals surface area contributed by atoms with Crippen molar-refractivity contribution in [1.29, 1.82) is 0 Å². The highest BCUT2D eigenvalue weighted by molar-refractivity contribution is 5.38. The van der Waals surface area contributed by atoms with Crippen molar-refractivity contribution in [3.05, 3.63) is 59.9 Å². The van der Waals surface area contributed by atoms with Crippen molar-refractivity contribution < 1.29 is 4.74 Å². The largest absolute Gasteiger partial charge is 0.488 e. The number of hydrogen-bond acceptors (Lipinski definition) is 3. The van der Waals surface area contributed by atoms with E-state index in [1.54, 1.807) is 6.20 Å². The minimum absolute atomic E-state index is 0.136. The number of aromatic nitrogens is 1. The van der Waals surface area contributed by atoms with Crippen molar-refractivity contribution in [1.82, 2.24) is 10.3 Å². The average Bonchev–Trinajstić information content (AvgIpc) is 2.84. The molecule has 3 nitrogen and oxygen atoms in total. The molecule has 2 heterocycles. The van der Waals surface area contributed by atoms with Crippen LogP contribution in [0.1, 0.15) is 17.2 Å². The van der Waals surface area contributed by atoms with Crippen molar-refractivity contribution in [3.8, 4) is 5.75 Å². The molecule has 0 bridgehead atoms. The SMILES string of the molecule is CNC(c1cccnc1)C1Cc2ccccc2O1. The Kier molecular flexibility index (Phi) is 2.99.